The minimum absolute atomic E-state index is 0.744. The summed E-state index contributed by atoms with van der Waals surface area (Å²) in [5.74, 6) is 0. The van der Waals surface area contributed by atoms with Crippen LogP contribution in [0, 0.1) is 0 Å². The van der Waals surface area contributed by atoms with Gasteiger partial charge in [-0.2, -0.15) is 0 Å². The van der Waals surface area contributed by atoms with Gasteiger partial charge in [-0.25, -0.2) is 0 Å². The highest BCUT2D eigenvalue weighted by Crippen LogP contribution is 2.41. The molecule has 0 spiro atoms. The van der Waals surface area contributed by atoms with E-state index in [1.807, 2.05) is 12.1 Å². The molecule has 0 nitrogen and oxygen atoms in total. The molecular weight excluding hydrogens is 248 g/mol. The smallest absolute Gasteiger partial charge is 0.0696 e. The van der Waals surface area contributed by atoms with Crippen molar-refractivity contribution in [2.45, 2.75) is 31.0 Å². The molecule has 0 radical (unpaired) electrons. The van der Waals surface area contributed by atoms with E-state index in [9.17, 15) is 0 Å². The highest BCUT2D eigenvalue weighted by molar-refractivity contribution is 7.14. The third kappa shape index (κ3) is 2.87. The summed E-state index contributed by atoms with van der Waals surface area (Å²) in [5.41, 5.74) is 6.92. The Labute approximate surface area is 105 Å². The first-order valence-corrected chi connectivity index (χ1v) is 12.6. The lowest BCUT2D eigenvalue weighted by Gasteiger charge is -2.47. The zero-order valence-electron chi connectivity index (χ0n) is 10.3. The summed E-state index contributed by atoms with van der Waals surface area (Å²) in [6.07, 6.45) is 2.30. The lowest BCUT2D eigenvalue weighted by atomic mass is 10.2. The fourth-order valence-electron chi connectivity index (χ4n) is 3.12. The van der Waals surface area contributed by atoms with Crippen LogP contribution in [0.4, 0.5) is 0 Å². The van der Waals surface area contributed by atoms with Crippen molar-refractivity contribution in [3.63, 3.8) is 0 Å². The molecule has 1 aromatic carbocycles. The van der Waals surface area contributed by atoms with Crippen LogP contribution < -0.4 is 0 Å². The number of halogens is 1. The van der Waals surface area contributed by atoms with Gasteiger partial charge in [-0.15, -0.1) is 0 Å². The van der Waals surface area contributed by atoms with Crippen LogP contribution in [0.2, 0.25) is 36.0 Å². The first-order valence-electron chi connectivity index (χ1n) is 5.84. The summed E-state index contributed by atoms with van der Waals surface area (Å²) in [4.78, 5) is 0. The van der Waals surface area contributed by atoms with E-state index in [-0.39, 0.29) is 0 Å². The average molecular weight is 267 g/mol. The summed E-state index contributed by atoms with van der Waals surface area (Å²) in [7, 11) is -1.72. The van der Waals surface area contributed by atoms with Crippen molar-refractivity contribution in [3.8, 4) is 0 Å². The van der Waals surface area contributed by atoms with Gasteiger partial charge in [-0.05, 0) is 17.7 Å². The van der Waals surface area contributed by atoms with Gasteiger partial charge in [-0.3, -0.25) is 0 Å². The van der Waals surface area contributed by atoms with Gasteiger partial charge in [0.15, 0.2) is 0 Å². The van der Waals surface area contributed by atoms with Crippen LogP contribution >= 0.6 is 11.6 Å². The van der Waals surface area contributed by atoms with Gasteiger partial charge in [-0.1, -0.05) is 66.5 Å². The van der Waals surface area contributed by atoms with Crippen LogP contribution in [-0.4, -0.2) is 16.1 Å². The maximum atomic E-state index is 5.87. The molecule has 16 heavy (non-hydrogen) atoms. The van der Waals surface area contributed by atoms with E-state index in [0.717, 1.165) is 5.02 Å². The second kappa shape index (κ2) is 4.17. The summed E-state index contributed by atoms with van der Waals surface area (Å²) in [5, 5.41) is 0.817. The van der Waals surface area contributed by atoms with Crippen molar-refractivity contribution in [1.82, 2.24) is 0 Å². The molecule has 0 bridgehead atoms. The molecule has 1 heterocycles. The molecule has 1 aromatic rings. The van der Waals surface area contributed by atoms with Crippen molar-refractivity contribution >= 4 is 33.8 Å². The number of benzene rings is 1. The van der Waals surface area contributed by atoms with Gasteiger partial charge < -0.3 is 0 Å². The second-order valence-electron chi connectivity index (χ2n) is 6.06. The summed E-state index contributed by atoms with van der Waals surface area (Å²) in [6, 6.07) is 8.12. The summed E-state index contributed by atoms with van der Waals surface area (Å²) < 4.78 is 0. The maximum Gasteiger partial charge on any atom is 0.0696 e. The van der Waals surface area contributed by atoms with Crippen LogP contribution in [0.25, 0.3) is 6.08 Å². The molecule has 1 fully saturated rings. The highest BCUT2D eigenvalue weighted by atomic mass is 35.5. The fourth-order valence-corrected chi connectivity index (χ4v) is 21.9. The molecule has 0 saturated carbocycles. The quantitative estimate of drug-likeness (QED) is 0.677. The Hall–Kier alpha value is -0.316. The molecule has 0 unspecified atom stereocenters. The SMILES string of the molecule is C[Si]1(C)C[Si](C)(/C=C/c2ccc(Cl)cc2)C1. The van der Waals surface area contributed by atoms with E-state index in [4.69, 9.17) is 11.6 Å². The molecule has 0 atom stereocenters. The molecule has 0 aromatic heterocycles. The Balaban J connectivity index is 2.03. The third-order valence-electron chi connectivity index (χ3n) is 3.31. The fraction of sp³-hybridized carbons (Fsp3) is 0.385. The van der Waals surface area contributed by atoms with E-state index >= 15 is 0 Å². The predicted octanol–water partition coefficient (Wildman–Crippen LogP) is 4.77. The summed E-state index contributed by atoms with van der Waals surface area (Å²) in [6.45, 7) is 7.54. The second-order valence-corrected chi connectivity index (χ2v) is 17.3. The van der Waals surface area contributed by atoms with Crippen LogP contribution in [0.15, 0.2) is 30.0 Å². The molecular formula is C13H19ClSi2. The molecule has 0 aliphatic carbocycles. The molecule has 3 heteroatoms. The first kappa shape index (κ1) is 12.1. The van der Waals surface area contributed by atoms with Gasteiger partial charge >= 0.3 is 0 Å². The van der Waals surface area contributed by atoms with Gasteiger partial charge in [0.25, 0.3) is 0 Å². The predicted molar refractivity (Wildman–Crippen MR) is 79.2 cm³/mol. The molecule has 2 rings (SSSR count). The van der Waals surface area contributed by atoms with E-state index in [1.165, 1.54) is 5.56 Å². The van der Waals surface area contributed by atoms with Crippen molar-refractivity contribution in [1.29, 1.82) is 0 Å². The molecule has 0 N–H and O–H groups in total. The zero-order valence-corrected chi connectivity index (χ0v) is 13.0. The van der Waals surface area contributed by atoms with Crippen molar-refractivity contribution in [3.05, 3.63) is 40.6 Å². The Morgan fingerprint density at radius 2 is 1.62 bits per heavy atom. The van der Waals surface area contributed by atoms with Gasteiger partial charge in [0.05, 0.1) is 8.07 Å². The molecule has 86 valence electrons. The van der Waals surface area contributed by atoms with Crippen LogP contribution in [-0.2, 0) is 0 Å². The lowest BCUT2D eigenvalue weighted by Crippen LogP contribution is -2.56. The van der Waals surface area contributed by atoms with E-state index in [2.05, 4.69) is 43.5 Å². The Kier molecular flexibility index (Phi) is 3.16. The Morgan fingerprint density at radius 1 is 1.06 bits per heavy atom. The monoisotopic (exact) mass is 266 g/mol. The number of hydrogen-bond acceptors (Lipinski definition) is 0. The molecule has 1 aliphatic heterocycles. The first-order chi connectivity index (χ1) is 7.39. The van der Waals surface area contributed by atoms with Crippen LogP contribution in [0.5, 0.6) is 0 Å². The van der Waals surface area contributed by atoms with Crippen molar-refractivity contribution in [2.24, 2.45) is 0 Å². The topological polar surface area (TPSA) is 0 Å². The Morgan fingerprint density at radius 3 is 2.12 bits per heavy atom. The van der Waals surface area contributed by atoms with Crippen LogP contribution in [0.1, 0.15) is 5.56 Å². The van der Waals surface area contributed by atoms with Crippen molar-refractivity contribution in [2.75, 3.05) is 0 Å². The average Bonchev–Trinajstić information content (AvgIpc) is 2.14. The number of rotatable bonds is 2. The van der Waals surface area contributed by atoms with Crippen molar-refractivity contribution < 1.29 is 0 Å². The summed E-state index contributed by atoms with van der Waals surface area (Å²) >= 11 is 5.87. The normalized spacial score (nSPS) is 22.0. The molecule has 1 saturated heterocycles. The molecule has 1 aliphatic rings. The van der Waals surface area contributed by atoms with Gasteiger partial charge in [0.1, 0.15) is 0 Å². The van der Waals surface area contributed by atoms with E-state index in [0.29, 0.717) is 0 Å². The van der Waals surface area contributed by atoms with E-state index in [1.54, 1.807) is 11.3 Å². The third-order valence-corrected chi connectivity index (χ3v) is 18.7. The van der Waals surface area contributed by atoms with Gasteiger partial charge in [0.2, 0.25) is 0 Å². The minimum atomic E-state index is -0.980. The minimum Gasteiger partial charge on any atom is -0.0944 e. The number of hydrogen-bond donors (Lipinski definition) is 0. The zero-order chi connectivity index (χ0) is 11.8. The maximum absolute atomic E-state index is 5.87. The molecule has 0 amide bonds. The van der Waals surface area contributed by atoms with Gasteiger partial charge in [0, 0.05) is 13.1 Å². The largest absolute Gasteiger partial charge is 0.0944 e. The Bertz CT molecular complexity index is 398. The van der Waals surface area contributed by atoms with E-state index < -0.39 is 16.1 Å². The standard InChI is InChI=1S/C13H19ClSi2/c1-15(2)10-16(3,11-15)9-8-12-4-6-13(14)7-5-12/h4-9H,10-11H2,1-3H3/b9-8+. The highest BCUT2D eigenvalue weighted by Gasteiger charge is 2.46. The lowest BCUT2D eigenvalue weighted by molar-refractivity contribution is 1.36. The van der Waals surface area contributed by atoms with Crippen LogP contribution in [0.3, 0.4) is 0 Å².